The lowest BCUT2D eigenvalue weighted by Crippen LogP contribution is -2.28. The van der Waals surface area contributed by atoms with E-state index in [1.807, 2.05) is 20.8 Å². The minimum atomic E-state index is -0.577. The van der Waals surface area contributed by atoms with E-state index in [9.17, 15) is 4.79 Å². The molecule has 0 aliphatic heterocycles. The van der Waals surface area contributed by atoms with E-state index in [0.29, 0.717) is 21.9 Å². The minimum Gasteiger partial charge on any atom is -0.443 e. The smallest absolute Gasteiger partial charge is 0.420 e. The number of fused-ring (bicyclic) bond motifs is 1. The van der Waals surface area contributed by atoms with E-state index in [1.54, 1.807) is 18.2 Å². The predicted octanol–water partition coefficient (Wildman–Crippen LogP) is 2.93. The molecule has 0 bridgehead atoms. The first-order valence-corrected chi connectivity index (χ1v) is 6.30. The van der Waals surface area contributed by atoms with Crippen LogP contribution in [0.15, 0.2) is 18.2 Å². The highest BCUT2D eigenvalue weighted by atomic mass is 35.5. The van der Waals surface area contributed by atoms with E-state index in [0.717, 1.165) is 0 Å². The van der Waals surface area contributed by atoms with Gasteiger partial charge in [-0.3, -0.25) is 0 Å². The Morgan fingerprint density at radius 2 is 2.16 bits per heavy atom. The fraction of sp³-hybridized carbons (Fsp3) is 0.385. The third kappa shape index (κ3) is 2.88. The first-order valence-electron chi connectivity index (χ1n) is 5.92. The molecular weight excluding hydrogens is 266 g/mol. The Bertz CT molecular complexity index is 629. The van der Waals surface area contributed by atoms with Gasteiger partial charge < -0.3 is 10.5 Å². The molecule has 1 heterocycles. The van der Waals surface area contributed by atoms with Gasteiger partial charge in [0.1, 0.15) is 11.4 Å². The minimum absolute atomic E-state index is 0.144. The van der Waals surface area contributed by atoms with Gasteiger partial charge in [-0.2, -0.15) is 0 Å². The van der Waals surface area contributed by atoms with E-state index in [-0.39, 0.29) is 6.54 Å². The standard InChI is InChI=1S/C13H16ClN3O2/c1-13(2,3)19-12(18)17-10-5-4-8(14)6-9(10)16-11(17)7-15/h4-6H,7,15H2,1-3H3. The predicted molar refractivity (Wildman–Crippen MR) is 74.3 cm³/mol. The first-order chi connectivity index (χ1) is 8.81. The summed E-state index contributed by atoms with van der Waals surface area (Å²) in [5, 5.41) is 0.560. The van der Waals surface area contributed by atoms with Crippen molar-refractivity contribution in [3.05, 3.63) is 29.0 Å². The SMILES string of the molecule is CC(C)(C)OC(=O)n1c(CN)nc2cc(Cl)ccc21. The summed E-state index contributed by atoms with van der Waals surface area (Å²) in [4.78, 5) is 16.5. The number of ether oxygens (including phenoxy) is 1. The van der Waals surface area contributed by atoms with Crippen LogP contribution in [0.5, 0.6) is 0 Å². The molecule has 0 atom stereocenters. The topological polar surface area (TPSA) is 70.1 Å². The molecule has 1 aromatic heterocycles. The monoisotopic (exact) mass is 281 g/mol. The second-order valence-corrected chi connectivity index (χ2v) is 5.62. The van der Waals surface area contributed by atoms with Crippen LogP contribution in [0, 0.1) is 0 Å². The third-order valence-corrected chi connectivity index (χ3v) is 2.68. The largest absolute Gasteiger partial charge is 0.443 e. The molecule has 0 saturated heterocycles. The van der Waals surface area contributed by atoms with E-state index >= 15 is 0 Å². The van der Waals surface area contributed by atoms with Crippen LogP contribution < -0.4 is 5.73 Å². The van der Waals surface area contributed by atoms with Gasteiger partial charge in [-0.05, 0) is 39.0 Å². The molecule has 0 saturated carbocycles. The molecule has 1 aromatic carbocycles. The van der Waals surface area contributed by atoms with Crippen LogP contribution in [0.1, 0.15) is 26.6 Å². The van der Waals surface area contributed by atoms with Gasteiger partial charge in [0, 0.05) is 5.02 Å². The Hall–Kier alpha value is -1.59. The molecule has 0 fully saturated rings. The molecule has 19 heavy (non-hydrogen) atoms. The number of carbonyl (C=O) groups excluding carboxylic acids is 1. The quantitative estimate of drug-likeness (QED) is 0.872. The molecule has 0 radical (unpaired) electrons. The maximum absolute atomic E-state index is 12.2. The average Bonchev–Trinajstić information content (AvgIpc) is 2.63. The average molecular weight is 282 g/mol. The third-order valence-electron chi connectivity index (χ3n) is 2.44. The summed E-state index contributed by atoms with van der Waals surface area (Å²) in [5.41, 5.74) is 6.31. The fourth-order valence-electron chi connectivity index (χ4n) is 1.75. The van der Waals surface area contributed by atoms with Gasteiger partial charge in [-0.15, -0.1) is 0 Å². The van der Waals surface area contributed by atoms with Gasteiger partial charge in [-0.25, -0.2) is 14.3 Å². The number of hydrogen-bond donors (Lipinski definition) is 1. The highest BCUT2D eigenvalue weighted by Gasteiger charge is 2.22. The second kappa shape index (κ2) is 4.83. The molecule has 0 unspecified atom stereocenters. The van der Waals surface area contributed by atoms with Crippen molar-refractivity contribution in [2.24, 2.45) is 5.73 Å². The van der Waals surface area contributed by atoms with Crippen molar-refractivity contribution >= 4 is 28.7 Å². The molecule has 0 amide bonds. The summed E-state index contributed by atoms with van der Waals surface area (Å²) in [6.07, 6.45) is -0.488. The van der Waals surface area contributed by atoms with Crippen molar-refractivity contribution in [3.63, 3.8) is 0 Å². The maximum atomic E-state index is 12.2. The van der Waals surface area contributed by atoms with E-state index in [1.165, 1.54) is 4.57 Å². The number of benzene rings is 1. The van der Waals surface area contributed by atoms with Crippen molar-refractivity contribution in [2.75, 3.05) is 0 Å². The number of nitrogens with zero attached hydrogens (tertiary/aromatic N) is 2. The summed E-state index contributed by atoms with van der Waals surface area (Å²) in [7, 11) is 0. The molecule has 102 valence electrons. The van der Waals surface area contributed by atoms with Crippen LogP contribution in [0.25, 0.3) is 11.0 Å². The van der Waals surface area contributed by atoms with Gasteiger partial charge >= 0.3 is 6.09 Å². The molecule has 0 aliphatic rings. The van der Waals surface area contributed by atoms with Crippen LogP contribution in [0.3, 0.4) is 0 Å². The van der Waals surface area contributed by atoms with Gasteiger partial charge in [0.2, 0.25) is 0 Å². The lowest BCUT2D eigenvalue weighted by atomic mass is 10.2. The molecule has 5 nitrogen and oxygen atoms in total. The number of aromatic nitrogens is 2. The number of nitrogens with two attached hydrogens (primary N) is 1. The Morgan fingerprint density at radius 3 is 2.74 bits per heavy atom. The van der Waals surface area contributed by atoms with Gasteiger partial charge in [-0.1, -0.05) is 11.6 Å². The Labute approximate surface area is 116 Å². The number of hydrogen-bond acceptors (Lipinski definition) is 4. The van der Waals surface area contributed by atoms with E-state index in [2.05, 4.69) is 4.98 Å². The molecule has 2 rings (SSSR count). The lowest BCUT2D eigenvalue weighted by molar-refractivity contribution is 0.0539. The summed E-state index contributed by atoms with van der Waals surface area (Å²) < 4.78 is 6.74. The van der Waals surface area contributed by atoms with Crippen LogP contribution >= 0.6 is 11.6 Å². The van der Waals surface area contributed by atoms with E-state index < -0.39 is 11.7 Å². The summed E-state index contributed by atoms with van der Waals surface area (Å²) in [6.45, 7) is 5.57. The van der Waals surface area contributed by atoms with Crippen molar-refractivity contribution in [1.82, 2.24) is 9.55 Å². The number of imidazole rings is 1. The highest BCUT2D eigenvalue weighted by Crippen LogP contribution is 2.22. The molecule has 2 N–H and O–H groups in total. The van der Waals surface area contributed by atoms with Crippen molar-refractivity contribution < 1.29 is 9.53 Å². The van der Waals surface area contributed by atoms with Crippen molar-refractivity contribution in [1.29, 1.82) is 0 Å². The Morgan fingerprint density at radius 1 is 1.47 bits per heavy atom. The normalized spacial score (nSPS) is 11.8. The number of carbonyl (C=O) groups is 1. The van der Waals surface area contributed by atoms with Crippen molar-refractivity contribution in [3.8, 4) is 0 Å². The molecule has 0 aliphatic carbocycles. The van der Waals surface area contributed by atoms with Crippen LogP contribution in [0.2, 0.25) is 5.02 Å². The van der Waals surface area contributed by atoms with Crippen LogP contribution in [-0.2, 0) is 11.3 Å². The van der Waals surface area contributed by atoms with Gasteiger partial charge in [0.05, 0.1) is 17.6 Å². The maximum Gasteiger partial charge on any atom is 0.420 e. The summed E-state index contributed by atoms with van der Waals surface area (Å²) >= 11 is 5.91. The van der Waals surface area contributed by atoms with Gasteiger partial charge in [0.15, 0.2) is 0 Å². The number of rotatable bonds is 1. The molecule has 0 spiro atoms. The highest BCUT2D eigenvalue weighted by molar-refractivity contribution is 6.31. The fourth-order valence-corrected chi connectivity index (χ4v) is 1.92. The first kappa shape index (κ1) is 13.8. The zero-order valence-electron chi connectivity index (χ0n) is 11.1. The second-order valence-electron chi connectivity index (χ2n) is 5.18. The lowest BCUT2D eigenvalue weighted by Gasteiger charge is -2.20. The number of halogens is 1. The molecule has 2 aromatic rings. The van der Waals surface area contributed by atoms with Crippen molar-refractivity contribution in [2.45, 2.75) is 32.9 Å². The summed E-state index contributed by atoms with van der Waals surface area (Å²) in [6, 6.07) is 5.12. The zero-order valence-corrected chi connectivity index (χ0v) is 11.9. The van der Waals surface area contributed by atoms with Crippen LogP contribution in [-0.4, -0.2) is 21.2 Å². The van der Waals surface area contributed by atoms with Gasteiger partial charge in [0.25, 0.3) is 0 Å². The molecule has 6 heteroatoms. The zero-order chi connectivity index (χ0) is 14.2. The Balaban J connectivity index is 2.54. The van der Waals surface area contributed by atoms with E-state index in [4.69, 9.17) is 22.1 Å². The summed E-state index contributed by atoms with van der Waals surface area (Å²) in [5.74, 6) is 0.450. The van der Waals surface area contributed by atoms with Crippen LogP contribution in [0.4, 0.5) is 4.79 Å². The Kier molecular flexibility index (Phi) is 3.52. The molecular formula is C13H16ClN3O2.